The number of aromatic amines is 1. The number of amides is 2. The Kier molecular flexibility index (Phi) is 4.62. The van der Waals surface area contributed by atoms with Crippen LogP contribution in [0.4, 0.5) is 5.69 Å². The van der Waals surface area contributed by atoms with E-state index in [4.69, 9.17) is 4.74 Å². The summed E-state index contributed by atoms with van der Waals surface area (Å²) >= 11 is 0. The highest BCUT2D eigenvalue weighted by atomic mass is 16.5. The van der Waals surface area contributed by atoms with Crippen LogP contribution in [0.15, 0.2) is 53.3 Å². The van der Waals surface area contributed by atoms with Crippen LogP contribution in [-0.2, 0) is 20.9 Å². The molecule has 1 saturated carbocycles. The second-order valence-corrected chi connectivity index (χ2v) is 9.06. The number of H-pyrrole nitrogens is 1. The molecule has 34 heavy (non-hydrogen) atoms. The van der Waals surface area contributed by atoms with Gasteiger partial charge in [0.25, 0.3) is 5.91 Å². The summed E-state index contributed by atoms with van der Waals surface area (Å²) in [5.74, 6) is -1.00. The monoisotopic (exact) mass is 460 g/mol. The van der Waals surface area contributed by atoms with Crippen molar-refractivity contribution in [2.75, 3.05) is 11.5 Å². The van der Waals surface area contributed by atoms with E-state index in [-0.39, 0.29) is 43.0 Å². The van der Waals surface area contributed by atoms with Crippen LogP contribution in [0.2, 0.25) is 0 Å². The number of nitrogens with zero attached hydrogens (tertiary/aromatic N) is 3. The topological polar surface area (TPSA) is 105 Å². The number of imidazole rings is 1. The number of carbonyl (C=O) groups is 3. The van der Waals surface area contributed by atoms with Gasteiger partial charge < -0.3 is 14.6 Å². The maximum atomic E-state index is 13.6. The Morgan fingerprint density at radius 1 is 1.06 bits per heavy atom. The van der Waals surface area contributed by atoms with Crippen molar-refractivity contribution in [2.24, 2.45) is 0 Å². The molecule has 0 spiro atoms. The Bertz CT molecular complexity index is 1390. The van der Waals surface area contributed by atoms with Gasteiger partial charge in [0, 0.05) is 25.4 Å². The first-order valence-corrected chi connectivity index (χ1v) is 11.6. The first kappa shape index (κ1) is 20.7. The highest BCUT2D eigenvalue weighted by Crippen LogP contribution is 2.49. The molecule has 3 heterocycles. The molecule has 3 aliphatic rings. The van der Waals surface area contributed by atoms with E-state index in [1.807, 2.05) is 24.3 Å². The number of esters is 1. The lowest BCUT2D eigenvalue weighted by molar-refractivity contribution is -0.157. The number of rotatable bonds is 6. The average molecular weight is 460 g/mol. The molecule has 9 heteroatoms. The van der Waals surface area contributed by atoms with Gasteiger partial charge in [0.15, 0.2) is 0 Å². The molecule has 2 aromatic carbocycles. The zero-order chi connectivity index (χ0) is 23.4. The van der Waals surface area contributed by atoms with Crippen molar-refractivity contribution in [1.82, 2.24) is 14.5 Å². The Morgan fingerprint density at radius 2 is 1.82 bits per heavy atom. The second kappa shape index (κ2) is 7.58. The Hall–Kier alpha value is -3.88. The lowest BCUT2D eigenvalue weighted by Crippen LogP contribution is -2.69. The molecule has 2 fully saturated rings. The summed E-state index contributed by atoms with van der Waals surface area (Å²) in [6, 6.07) is 14.3. The molecule has 1 unspecified atom stereocenters. The van der Waals surface area contributed by atoms with Gasteiger partial charge in [-0.25, -0.2) is 9.59 Å². The summed E-state index contributed by atoms with van der Waals surface area (Å²) in [4.78, 5) is 58.2. The van der Waals surface area contributed by atoms with Gasteiger partial charge in [-0.2, -0.15) is 0 Å². The van der Waals surface area contributed by atoms with Crippen LogP contribution >= 0.6 is 0 Å². The minimum Gasteiger partial charge on any atom is -0.462 e. The van der Waals surface area contributed by atoms with E-state index in [2.05, 4.69) is 4.98 Å². The number of aryl methyl sites for hydroxylation is 1. The quantitative estimate of drug-likeness (QED) is 0.449. The first-order chi connectivity index (χ1) is 16.5. The zero-order valence-corrected chi connectivity index (χ0v) is 18.5. The van der Waals surface area contributed by atoms with Crippen LogP contribution in [0.3, 0.4) is 0 Å². The van der Waals surface area contributed by atoms with Crippen molar-refractivity contribution in [3.05, 3.63) is 64.6 Å². The van der Waals surface area contributed by atoms with Crippen molar-refractivity contribution in [3.63, 3.8) is 0 Å². The van der Waals surface area contributed by atoms with Crippen molar-refractivity contribution in [3.8, 4) is 0 Å². The smallest absolute Gasteiger partial charge is 0.353 e. The molecular weight excluding hydrogens is 436 g/mol. The van der Waals surface area contributed by atoms with E-state index in [0.717, 1.165) is 23.9 Å². The third-order valence-electron chi connectivity index (χ3n) is 6.98. The van der Waals surface area contributed by atoms with Gasteiger partial charge in [0.2, 0.25) is 11.6 Å². The van der Waals surface area contributed by atoms with Crippen molar-refractivity contribution in [2.45, 2.75) is 50.4 Å². The number of anilines is 1. The highest BCUT2D eigenvalue weighted by molar-refractivity contribution is 6.15. The maximum Gasteiger partial charge on any atom is 0.353 e. The number of fused-ring (bicyclic) bond motifs is 4. The van der Waals surface area contributed by atoms with E-state index in [1.54, 1.807) is 33.7 Å². The molecule has 0 radical (unpaired) electrons. The Balaban J connectivity index is 1.25. The summed E-state index contributed by atoms with van der Waals surface area (Å²) in [5, 5.41) is 0. The predicted molar refractivity (Wildman–Crippen MR) is 123 cm³/mol. The fourth-order valence-electron chi connectivity index (χ4n) is 5.34. The lowest BCUT2D eigenvalue weighted by atomic mass is 9.96. The van der Waals surface area contributed by atoms with Crippen molar-refractivity contribution in [1.29, 1.82) is 0 Å². The van der Waals surface area contributed by atoms with E-state index in [9.17, 15) is 19.2 Å². The lowest BCUT2D eigenvalue weighted by Gasteiger charge is -2.48. The van der Waals surface area contributed by atoms with Crippen LogP contribution in [0.5, 0.6) is 0 Å². The number of ether oxygens (including phenoxy) is 1. The molecule has 3 aromatic rings. The van der Waals surface area contributed by atoms with Gasteiger partial charge in [-0.1, -0.05) is 24.3 Å². The summed E-state index contributed by atoms with van der Waals surface area (Å²) in [7, 11) is 0. The fourth-order valence-corrected chi connectivity index (χ4v) is 5.34. The molecule has 174 valence electrons. The third kappa shape index (κ3) is 2.92. The summed E-state index contributed by atoms with van der Waals surface area (Å²) in [6.45, 7) is 0.447. The molecule has 2 aliphatic heterocycles. The van der Waals surface area contributed by atoms with Gasteiger partial charge in [-0.15, -0.1) is 0 Å². The summed E-state index contributed by atoms with van der Waals surface area (Å²) < 4.78 is 7.32. The highest BCUT2D eigenvalue weighted by Gasteiger charge is 2.64. The van der Waals surface area contributed by atoms with E-state index in [0.29, 0.717) is 24.2 Å². The standard InChI is InChI=1S/C25H24N4O5/c30-21-12-13-25(28(16-10-11-16)22(31)17-6-1-3-8-19(17)29(21)25)23(32)34-15-5-14-27-20-9-4-2-7-18(20)26-24(27)33/h1-4,6-9,16H,5,10-15H2,(H,26,33). The minimum absolute atomic E-state index is 0.0723. The van der Waals surface area contributed by atoms with Crippen molar-refractivity contribution >= 4 is 34.5 Å². The number of benzene rings is 2. The normalized spacial score (nSPS) is 21.6. The number of hydrogen-bond donors (Lipinski definition) is 1. The Labute approximate surface area is 194 Å². The molecule has 1 atom stereocenters. The summed E-state index contributed by atoms with van der Waals surface area (Å²) in [5.41, 5.74) is 0.790. The van der Waals surface area contributed by atoms with E-state index >= 15 is 0 Å². The maximum absolute atomic E-state index is 13.6. The zero-order valence-electron chi connectivity index (χ0n) is 18.5. The second-order valence-electron chi connectivity index (χ2n) is 9.06. The van der Waals surface area contributed by atoms with Gasteiger partial charge in [0.05, 0.1) is 28.9 Å². The molecule has 0 bridgehead atoms. The number of carbonyl (C=O) groups excluding carboxylic acids is 3. The van der Waals surface area contributed by atoms with E-state index < -0.39 is 11.6 Å². The van der Waals surface area contributed by atoms with Crippen molar-refractivity contribution < 1.29 is 19.1 Å². The Morgan fingerprint density at radius 3 is 2.65 bits per heavy atom. The summed E-state index contributed by atoms with van der Waals surface area (Å²) in [6.07, 6.45) is 2.40. The third-order valence-corrected chi connectivity index (χ3v) is 6.98. The van der Waals surface area contributed by atoms with Gasteiger partial charge in [-0.05, 0) is 43.5 Å². The number of aromatic nitrogens is 2. The fraction of sp³-hybridized carbons (Fsp3) is 0.360. The number of para-hydroxylation sites is 3. The molecule has 1 saturated heterocycles. The molecule has 9 nitrogen and oxygen atoms in total. The molecular formula is C25H24N4O5. The molecule has 1 aliphatic carbocycles. The molecule has 6 rings (SSSR count). The van der Waals surface area contributed by atoms with Crippen LogP contribution in [0, 0.1) is 0 Å². The van der Waals surface area contributed by atoms with Gasteiger partial charge >= 0.3 is 11.7 Å². The number of nitrogens with one attached hydrogen (secondary N) is 1. The van der Waals surface area contributed by atoms with E-state index in [1.165, 1.54) is 4.90 Å². The molecule has 1 aromatic heterocycles. The predicted octanol–water partition coefficient (Wildman–Crippen LogP) is 2.40. The van der Waals surface area contributed by atoms with Crippen LogP contribution in [0.25, 0.3) is 11.0 Å². The van der Waals surface area contributed by atoms with Crippen LogP contribution in [-0.4, -0.2) is 50.5 Å². The SMILES string of the molecule is O=C1CCC2(C(=O)OCCCn3c(=O)[nH]c4ccccc43)N1c1ccccc1C(=O)N2C1CC1. The number of hydrogen-bond acceptors (Lipinski definition) is 5. The van der Waals surface area contributed by atoms with Gasteiger partial charge in [0.1, 0.15) is 0 Å². The van der Waals surface area contributed by atoms with Gasteiger partial charge in [-0.3, -0.25) is 19.1 Å². The van der Waals surface area contributed by atoms with Crippen LogP contribution in [0.1, 0.15) is 42.5 Å². The van der Waals surface area contributed by atoms with Crippen LogP contribution < -0.4 is 10.6 Å². The first-order valence-electron chi connectivity index (χ1n) is 11.6. The minimum atomic E-state index is -1.44. The molecule has 1 N–H and O–H groups in total. The molecule has 2 amide bonds. The average Bonchev–Trinajstić information content (AvgIpc) is 3.54. The largest absolute Gasteiger partial charge is 0.462 e.